The molecule has 0 radical (unpaired) electrons. The summed E-state index contributed by atoms with van der Waals surface area (Å²) in [5.41, 5.74) is 14.5. The molecule has 6 aromatic rings. The lowest BCUT2D eigenvalue weighted by Gasteiger charge is -2.17. The number of nitrogens with two attached hydrogens (primary N) is 1. The molecule has 3 aromatic heterocycles. The number of rotatable bonds is 8. The van der Waals surface area contributed by atoms with Crippen LogP contribution in [0.3, 0.4) is 0 Å². The van der Waals surface area contributed by atoms with E-state index in [4.69, 9.17) is 15.5 Å². The van der Waals surface area contributed by atoms with E-state index >= 15 is 0 Å². The van der Waals surface area contributed by atoms with E-state index in [1.165, 1.54) is 23.1 Å². The molecule has 0 spiro atoms. The topological polar surface area (TPSA) is 105 Å². The summed E-state index contributed by atoms with van der Waals surface area (Å²) in [6.07, 6.45) is 4.51. The number of methoxy groups -OCH3 is 1. The molecule has 0 aliphatic carbocycles. The van der Waals surface area contributed by atoms with E-state index in [1.54, 1.807) is 19.4 Å². The highest BCUT2D eigenvalue weighted by Crippen LogP contribution is 2.38. The first-order valence-electron chi connectivity index (χ1n) is 12.8. The van der Waals surface area contributed by atoms with Gasteiger partial charge in [0.1, 0.15) is 11.6 Å². The second-order valence-corrected chi connectivity index (χ2v) is 9.74. The summed E-state index contributed by atoms with van der Waals surface area (Å²) in [5, 5.41) is 13.0. The minimum Gasteiger partial charge on any atom is -0.496 e. The molecule has 3 heterocycles. The molecular formula is C31H29FN6O. The third-order valence-electron chi connectivity index (χ3n) is 7.09. The summed E-state index contributed by atoms with van der Waals surface area (Å²) < 4.78 is 19.9. The van der Waals surface area contributed by atoms with Crippen molar-refractivity contribution in [2.75, 3.05) is 19.0 Å². The van der Waals surface area contributed by atoms with Gasteiger partial charge in [0.2, 0.25) is 0 Å². The number of nitrogens with one attached hydrogen (secondary N) is 3. The minimum atomic E-state index is -0.356. The number of aromatic nitrogens is 4. The Hall–Kier alpha value is -4.69. The number of pyridine rings is 1. The summed E-state index contributed by atoms with van der Waals surface area (Å²) in [7, 11) is 1.57. The van der Waals surface area contributed by atoms with Crippen LogP contribution in [0.2, 0.25) is 0 Å². The molecular weight excluding hydrogens is 491 g/mol. The summed E-state index contributed by atoms with van der Waals surface area (Å²) in [4.78, 5) is 8.09. The Labute approximate surface area is 225 Å². The molecule has 6 rings (SSSR count). The first-order chi connectivity index (χ1) is 19.0. The van der Waals surface area contributed by atoms with Crippen molar-refractivity contribution >= 4 is 27.5 Å². The monoisotopic (exact) mass is 520 g/mol. The van der Waals surface area contributed by atoms with Crippen molar-refractivity contribution < 1.29 is 9.13 Å². The van der Waals surface area contributed by atoms with Crippen LogP contribution in [0.4, 0.5) is 10.1 Å². The van der Waals surface area contributed by atoms with Crippen LogP contribution in [0.15, 0.2) is 79.1 Å². The van der Waals surface area contributed by atoms with Crippen molar-refractivity contribution in [3.8, 4) is 28.1 Å². The molecule has 0 unspecified atom stereocenters. The predicted molar refractivity (Wildman–Crippen MR) is 154 cm³/mol. The van der Waals surface area contributed by atoms with Gasteiger partial charge < -0.3 is 20.8 Å². The number of halogens is 1. The average Bonchev–Trinajstić information content (AvgIpc) is 3.54. The van der Waals surface area contributed by atoms with Gasteiger partial charge >= 0.3 is 0 Å². The molecule has 1 atom stereocenters. The molecule has 0 bridgehead atoms. The number of hydrogen-bond acceptors (Lipinski definition) is 5. The van der Waals surface area contributed by atoms with Gasteiger partial charge in [0, 0.05) is 46.2 Å². The third-order valence-corrected chi connectivity index (χ3v) is 7.09. The van der Waals surface area contributed by atoms with Crippen molar-refractivity contribution in [1.82, 2.24) is 20.2 Å². The molecule has 7 nitrogen and oxygen atoms in total. The summed E-state index contributed by atoms with van der Waals surface area (Å²) in [5.74, 6) is 0.192. The van der Waals surface area contributed by atoms with Crippen molar-refractivity contribution in [1.29, 1.82) is 0 Å². The van der Waals surface area contributed by atoms with Crippen molar-refractivity contribution in [3.05, 3.63) is 96.2 Å². The Morgan fingerprint density at radius 2 is 1.87 bits per heavy atom. The third kappa shape index (κ3) is 4.82. The quantitative estimate of drug-likeness (QED) is 0.191. The number of aromatic amines is 2. The second-order valence-electron chi connectivity index (χ2n) is 9.74. The maximum atomic E-state index is 14.3. The lowest BCUT2D eigenvalue weighted by Crippen LogP contribution is -2.31. The largest absolute Gasteiger partial charge is 0.496 e. The molecule has 0 saturated heterocycles. The molecule has 0 saturated carbocycles. The van der Waals surface area contributed by atoms with Gasteiger partial charge in [-0.1, -0.05) is 24.3 Å². The molecule has 39 heavy (non-hydrogen) atoms. The molecule has 3 aromatic carbocycles. The number of benzene rings is 3. The maximum absolute atomic E-state index is 14.3. The molecule has 8 heteroatoms. The van der Waals surface area contributed by atoms with Crippen LogP contribution in [-0.2, 0) is 6.42 Å². The Morgan fingerprint density at radius 3 is 2.74 bits per heavy atom. The van der Waals surface area contributed by atoms with Crippen LogP contribution in [0.5, 0.6) is 5.75 Å². The fourth-order valence-electron chi connectivity index (χ4n) is 5.08. The summed E-state index contributed by atoms with van der Waals surface area (Å²) >= 11 is 0. The Balaban J connectivity index is 1.33. The molecule has 0 fully saturated rings. The first-order valence-corrected chi connectivity index (χ1v) is 12.8. The molecule has 0 amide bonds. The van der Waals surface area contributed by atoms with Crippen LogP contribution in [-0.4, -0.2) is 39.9 Å². The lowest BCUT2D eigenvalue weighted by molar-refractivity contribution is 0.415. The molecule has 0 aliphatic heterocycles. The van der Waals surface area contributed by atoms with Crippen LogP contribution < -0.4 is 15.8 Å². The average molecular weight is 521 g/mol. The number of aryl methyl sites for hydroxylation is 1. The fourth-order valence-corrected chi connectivity index (χ4v) is 5.08. The number of H-pyrrole nitrogens is 2. The van der Waals surface area contributed by atoms with Crippen LogP contribution >= 0.6 is 0 Å². The van der Waals surface area contributed by atoms with Gasteiger partial charge in [0.15, 0.2) is 0 Å². The zero-order chi connectivity index (χ0) is 26.9. The number of nitrogens with zero attached hydrogens (tertiary/aromatic N) is 2. The van der Waals surface area contributed by atoms with Gasteiger partial charge in [-0.15, -0.1) is 0 Å². The zero-order valence-corrected chi connectivity index (χ0v) is 21.8. The Kier molecular flexibility index (Phi) is 6.46. The van der Waals surface area contributed by atoms with E-state index in [9.17, 15) is 4.39 Å². The van der Waals surface area contributed by atoms with Gasteiger partial charge in [0.25, 0.3) is 0 Å². The summed E-state index contributed by atoms with van der Waals surface area (Å²) in [6, 6.07) is 20.7. The van der Waals surface area contributed by atoms with Gasteiger partial charge in [-0.25, -0.2) is 4.39 Å². The van der Waals surface area contributed by atoms with Crippen LogP contribution in [0.1, 0.15) is 11.3 Å². The van der Waals surface area contributed by atoms with E-state index in [2.05, 4.69) is 38.7 Å². The predicted octanol–water partition coefficient (Wildman–Crippen LogP) is 6.21. The number of hydrogen-bond donors (Lipinski definition) is 4. The number of anilines is 1. The van der Waals surface area contributed by atoms with Gasteiger partial charge in [-0.05, 0) is 66.9 Å². The van der Waals surface area contributed by atoms with E-state index < -0.39 is 0 Å². The standard InChI is InChI=1S/C31H29FN6O/c1-18-25-12-19(7-9-29(25)38-37-18)26-14-23(17-36-31(26)27-13-21(32)8-10-30(27)39-2)34-16-22(33)11-20-15-35-28-6-4-3-5-24(20)28/h3-10,12-15,17,22,34-35H,11,16,33H2,1-2H3,(H,37,38)/t22-/m0/s1. The van der Waals surface area contributed by atoms with Crippen molar-refractivity contribution in [2.24, 2.45) is 5.73 Å². The highest BCUT2D eigenvalue weighted by Gasteiger charge is 2.17. The van der Waals surface area contributed by atoms with Gasteiger partial charge in [-0.3, -0.25) is 10.1 Å². The Bertz CT molecular complexity index is 1790. The SMILES string of the molecule is COc1ccc(F)cc1-c1ncc(NC[C@@H](N)Cc2c[nH]c3ccccc23)cc1-c1ccc2[nH]nc(C)c2c1. The van der Waals surface area contributed by atoms with Gasteiger partial charge in [-0.2, -0.15) is 5.10 Å². The second kappa shape index (κ2) is 10.2. The number of para-hydroxylation sites is 1. The van der Waals surface area contributed by atoms with E-state index in [0.717, 1.165) is 45.3 Å². The normalized spacial score (nSPS) is 12.2. The van der Waals surface area contributed by atoms with Crippen LogP contribution in [0, 0.1) is 12.7 Å². The fraction of sp³-hybridized carbons (Fsp3) is 0.161. The minimum absolute atomic E-state index is 0.111. The van der Waals surface area contributed by atoms with E-state index in [-0.39, 0.29) is 11.9 Å². The molecule has 0 aliphatic rings. The molecule has 5 N–H and O–H groups in total. The zero-order valence-electron chi connectivity index (χ0n) is 21.8. The maximum Gasteiger partial charge on any atom is 0.128 e. The first kappa shape index (κ1) is 24.6. The molecule has 196 valence electrons. The van der Waals surface area contributed by atoms with Crippen molar-refractivity contribution in [3.63, 3.8) is 0 Å². The lowest BCUT2D eigenvalue weighted by atomic mass is 9.97. The summed E-state index contributed by atoms with van der Waals surface area (Å²) in [6.45, 7) is 2.52. The van der Waals surface area contributed by atoms with E-state index in [1.807, 2.05) is 43.5 Å². The highest BCUT2D eigenvalue weighted by molar-refractivity contribution is 5.91. The van der Waals surface area contributed by atoms with Crippen molar-refractivity contribution in [2.45, 2.75) is 19.4 Å². The number of fused-ring (bicyclic) bond motifs is 2. The highest BCUT2D eigenvalue weighted by atomic mass is 19.1. The Morgan fingerprint density at radius 1 is 1.00 bits per heavy atom. The van der Waals surface area contributed by atoms with Crippen LogP contribution in [0.25, 0.3) is 44.2 Å². The van der Waals surface area contributed by atoms with E-state index in [0.29, 0.717) is 23.6 Å². The van der Waals surface area contributed by atoms with Gasteiger partial charge in [0.05, 0.1) is 35.9 Å². The smallest absolute Gasteiger partial charge is 0.128 e. The number of ether oxygens (including phenoxy) is 1.